The number of nitrogens with zero attached hydrogens (tertiary/aromatic N) is 2. The molecular weight excluding hydrogens is 377 g/mol. The molecule has 24 heavy (non-hydrogen) atoms. The molecule has 0 amide bonds. The Labute approximate surface area is 151 Å². The summed E-state index contributed by atoms with van der Waals surface area (Å²) >= 11 is 18.6. The van der Waals surface area contributed by atoms with Crippen LogP contribution in [-0.4, -0.2) is 23.7 Å². The average Bonchev–Trinajstić information content (AvgIpc) is 3.03. The van der Waals surface area contributed by atoms with Crippen molar-refractivity contribution >= 4 is 57.4 Å². The lowest BCUT2D eigenvalue weighted by atomic mass is 10.0. The maximum atomic E-state index is 12.8. The van der Waals surface area contributed by atoms with Crippen LogP contribution in [0.4, 0.5) is 5.82 Å². The van der Waals surface area contributed by atoms with E-state index in [1.807, 2.05) is 6.07 Å². The second-order valence-electron chi connectivity index (χ2n) is 5.01. The maximum absolute atomic E-state index is 12.8. The van der Waals surface area contributed by atoms with Crippen LogP contribution in [0.25, 0.3) is 10.8 Å². The molecule has 0 atom stereocenters. The molecule has 0 spiro atoms. The van der Waals surface area contributed by atoms with Crippen LogP contribution in [0, 0.1) is 11.3 Å². The molecule has 0 saturated heterocycles. The van der Waals surface area contributed by atoms with Gasteiger partial charge in [-0.05, 0) is 6.92 Å². The molecule has 9 heteroatoms. The van der Waals surface area contributed by atoms with Crippen LogP contribution in [0.15, 0.2) is 4.79 Å². The van der Waals surface area contributed by atoms with Crippen LogP contribution in [-0.2, 0) is 11.3 Å². The molecule has 0 fully saturated rings. The van der Waals surface area contributed by atoms with E-state index in [4.69, 9.17) is 39.5 Å². The minimum absolute atomic E-state index is 0.0156. The number of ether oxygens (including phenoxy) is 1. The summed E-state index contributed by atoms with van der Waals surface area (Å²) < 4.78 is 6.47. The Bertz CT molecular complexity index is 992. The zero-order chi connectivity index (χ0) is 17.6. The first-order valence-corrected chi connectivity index (χ1v) is 8.15. The van der Waals surface area contributed by atoms with Crippen LogP contribution in [0.5, 0.6) is 0 Å². The van der Waals surface area contributed by atoms with E-state index in [0.717, 1.165) is 0 Å². The van der Waals surface area contributed by atoms with E-state index >= 15 is 0 Å². The molecule has 0 aliphatic carbocycles. The minimum atomic E-state index is -0.653. The monoisotopic (exact) mass is 385 g/mol. The maximum Gasteiger partial charge on any atom is 0.342 e. The Morgan fingerprint density at radius 3 is 2.62 bits per heavy atom. The van der Waals surface area contributed by atoms with E-state index in [9.17, 15) is 14.9 Å². The Morgan fingerprint density at radius 2 is 2.00 bits per heavy atom. The van der Waals surface area contributed by atoms with Gasteiger partial charge in [-0.3, -0.25) is 9.36 Å². The van der Waals surface area contributed by atoms with Gasteiger partial charge in [0.05, 0.1) is 32.6 Å². The van der Waals surface area contributed by atoms with Crippen molar-refractivity contribution < 1.29 is 9.53 Å². The first-order chi connectivity index (χ1) is 11.4. The molecule has 1 aromatic carbocycles. The van der Waals surface area contributed by atoms with Crippen molar-refractivity contribution in [2.24, 2.45) is 0 Å². The zero-order valence-corrected chi connectivity index (χ0v) is 14.6. The number of halogens is 3. The molecule has 1 aromatic heterocycles. The van der Waals surface area contributed by atoms with Crippen LogP contribution in [0.3, 0.4) is 0 Å². The second kappa shape index (κ2) is 6.17. The topological polar surface area (TPSA) is 84.1 Å². The quantitative estimate of drug-likeness (QED) is 0.631. The predicted octanol–water partition coefficient (Wildman–Crippen LogP) is 3.44. The number of pyridine rings is 1. The smallest absolute Gasteiger partial charge is 0.342 e. The van der Waals surface area contributed by atoms with Crippen molar-refractivity contribution in [3.8, 4) is 6.07 Å². The highest BCUT2D eigenvalue weighted by Crippen LogP contribution is 2.42. The normalized spacial score (nSPS) is 12.6. The number of carbonyl (C=O) groups excluding carboxylic acids is 1. The summed E-state index contributed by atoms with van der Waals surface area (Å²) in [6.07, 6.45) is 0. The third kappa shape index (κ3) is 2.24. The highest BCUT2D eigenvalue weighted by atomic mass is 35.5. The number of hydrogen-bond acceptors (Lipinski definition) is 5. The number of anilines is 1. The van der Waals surface area contributed by atoms with Crippen molar-refractivity contribution in [2.45, 2.75) is 13.5 Å². The first kappa shape index (κ1) is 16.9. The highest BCUT2D eigenvalue weighted by Gasteiger charge is 2.30. The molecule has 1 aliphatic heterocycles. The summed E-state index contributed by atoms with van der Waals surface area (Å²) in [5, 5.41) is 12.0. The van der Waals surface area contributed by atoms with Crippen LogP contribution in [0.2, 0.25) is 15.1 Å². The van der Waals surface area contributed by atoms with Gasteiger partial charge in [-0.15, -0.1) is 0 Å². The molecule has 0 unspecified atom stereocenters. The molecule has 1 N–H and O–H groups in total. The zero-order valence-electron chi connectivity index (χ0n) is 12.4. The van der Waals surface area contributed by atoms with Gasteiger partial charge in [-0.2, -0.15) is 5.26 Å². The number of nitrogens with one attached hydrogen (secondary N) is 1. The van der Waals surface area contributed by atoms with E-state index < -0.39 is 11.5 Å². The van der Waals surface area contributed by atoms with E-state index in [1.165, 1.54) is 4.57 Å². The predicted molar refractivity (Wildman–Crippen MR) is 92.4 cm³/mol. The van der Waals surface area contributed by atoms with Gasteiger partial charge in [-0.25, -0.2) is 4.79 Å². The minimum Gasteiger partial charge on any atom is -0.462 e. The van der Waals surface area contributed by atoms with Gasteiger partial charge in [-0.1, -0.05) is 34.8 Å². The fourth-order valence-corrected chi connectivity index (χ4v) is 3.64. The Kier molecular flexibility index (Phi) is 4.35. The molecule has 1 aliphatic rings. The molecule has 0 radical (unpaired) electrons. The lowest BCUT2D eigenvalue weighted by Crippen LogP contribution is -2.22. The molecule has 2 aromatic rings. The third-order valence-corrected chi connectivity index (χ3v) is 4.99. The van der Waals surface area contributed by atoms with Gasteiger partial charge in [0.25, 0.3) is 5.56 Å². The van der Waals surface area contributed by atoms with Gasteiger partial charge in [0.1, 0.15) is 17.5 Å². The fraction of sp³-hybridized carbons (Fsp3) is 0.267. The Hall–Kier alpha value is -1.94. The fourth-order valence-electron chi connectivity index (χ4n) is 2.77. The standard InChI is InChI=1S/C15H10Cl3N3O3/c1-2-24-15(23)9-7-8(14(22)21-4-3-20-13(9)21)10(16)6(5-19)11(17)12(7)18/h20H,2-4H2,1H3. The molecule has 3 rings (SSSR count). The number of aromatic nitrogens is 1. The van der Waals surface area contributed by atoms with Crippen LogP contribution < -0.4 is 10.9 Å². The van der Waals surface area contributed by atoms with E-state index in [1.54, 1.807) is 6.92 Å². The number of carbonyl (C=O) groups is 1. The summed E-state index contributed by atoms with van der Waals surface area (Å²) in [6, 6.07) is 1.84. The van der Waals surface area contributed by atoms with Gasteiger partial charge in [0.15, 0.2) is 0 Å². The van der Waals surface area contributed by atoms with Crippen molar-refractivity contribution in [1.82, 2.24) is 4.57 Å². The summed E-state index contributed by atoms with van der Waals surface area (Å²) in [7, 11) is 0. The molecule has 0 saturated carbocycles. The van der Waals surface area contributed by atoms with E-state index in [0.29, 0.717) is 18.9 Å². The molecule has 0 bridgehead atoms. The van der Waals surface area contributed by atoms with Crippen molar-refractivity contribution in [3.05, 3.63) is 36.5 Å². The number of rotatable bonds is 2. The SMILES string of the molecule is CCOC(=O)c1c2n(c(=O)c3c(Cl)c(C#N)c(Cl)c(Cl)c13)CCN2. The highest BCUT2D eigenvalue weighted by molar-refractivity contribution is 6.50. The van der Waals surface area contributed by atoms with Crippen molar-refractivity contribution in [3.63, 3.8) is 0 Å². The number of hydrogen-bond donors (Lipinski definition) is 1. The largest absolute Gasteiger partial charge is 0.462 e. The lowest BCUT2D eigenvalue weighted by molar-refractivity contribution is 0.0529. The van der Waals surface area contributed by atoms with Gasteiger partial charge >= 0.3 is 5.97 Å². The summed E-state index contributed by atoms with van der Waals surface area (Å²) in [4.78, 5) is 25.3. The molecule has 6 nitrogen and oxygen atoms in total. The van der Waals surface area contributed by atoms with Crippen molar-refractivity contribution in [2.75, 3.05) is 18.5 Å². The van der Waals surface area contributed by atoms with Gasteiger partial charge in [0.2, 0.25) is 0 Å². The number of nitriles is 1. The second-order valence-corrected chi connectivity index (χ2v) is 6.14. The average molecular weight is 387 g/mol. The van der Waals surface area contributed by atoms with E-state index in [-0.39, 0.29) is 43.6 Å². The Balaban J connectivity index is 2.60. The van der Waals surface area contributed by atoms with E-state index in [2.05, 4.69) is 5.32 Å². The summed E-state index contributed by atoms with van der Waals surface area (Å²) in [6.45, 7) is 2.63. The molecular formula is C15H10Cl3N3O3. The van der Waals surface area contributed by atoms with Gasteiger partial charge in [0, 0.05) is 18.5 Å². The summed E-state index contributed by atoms with van der Waals surface area (Å²) in [5.41, 5.74) is -0.463. The number of esters is 1. The Morgan fingerprint density at radius 1 is 1.29 bits per heavy atom. The third-order valence-electron chi connectivity index (χ3n) is 3.76. The van der Waals surface area contributed by atoms with Crippen LogP contribution >= 0.6 is 34.8 Å². The van der Waals surface area contributed by atoms with Crippen LogP contribution in [0.1, 0.15) is 22.8 Å². The number of benzene rings is 1. The summed E-state index contributed by atoms with van der Waals surface area (Å²) in [5.74, 6) is -0.343. The van der Waals surface area contributed by atoms with Crippen molar-refractivity contribution in [1.29, 1.82) is 5.26 Å². The number of fused-ring (bicyclic) bond motifs is 2. The molecule has 124 valence electrons. The van der Waals surface area contributed by atoms with Gasteiger partial charge < -0.3 is 10.1 Å². The molecule has 2 heterocycles. The first-order valence-electron chi connectivity index (χ1n) is 7.02. The lowest BCUT2D eigenvalue weighted by Gasteiger charge is -2.16.